The van der Waals surface area contributed by atoms with Gasteiger partial charge in [-0.25, -0.2) is 13.4 Å². The first kappa shape index (κ1) is 14.9. The van der Waals surface area contributed by atoms with E-state index in [9.17, 15) is 8.42 Å². The standard InChI is InChI=1S/C13H18N4O2S/c1-11-10-16(2)7-4-8-17(11)20(18,19)13-5-3-6-15-12(13)9-14/h3,5-6,11H,4,7-8,10H2,1-2H3. The largest absolute Gasteiger partial charge is 0.305 e. The van der Waals surface area contributed by atoms with Crippen molar-refractivity contribution in [3.05, 3.63) is 24.0 Å². The zero-order valence-corrected chi connectivity index (χ0v) is 12.5. The van der Waals surface area contributed by atoms with Crippen LogP contribution < -0.4 is 0 Å². The SMILES string of the molecule is CC1CN(C)CCCN1S(=O)(=O)c1cccnc1C#N. The van der Waals surface area contributed by atoms with Crippen molar-refractivity contribution in [1.29, 1.82) is 5.26 Å². The van der Waals surface area contributed by atoms with Crippen LogP contribution in [0.5, 0.6) is 0 Å². The van der Waals surface area contributed by atoms with Crippen LogP contribution in [0.3, 0.4) is 0 Å². The molecule has 0 N–H and O–H groups in total. The van der Waals surface area contributed by atoms with Crippen molar-refractivity contribution in [2.45, 2.75) is 24.3 Å². The number of sulfonamides is 1. The Bertz CT molecular complexity index is 624. The highest BCUT2D eigenvalue weighted by molar-refractivity contribution is 7.89. The average Bonchev–Trinajstić information content (AvgIpc) is 2.59. The highest BCUT2D eigenvalue weighted by Gasteiger charge is 2.33. The quantitative estimate of drug-likeness (QED) is 0.801. The summed E-state index contributed by atoms with van der Waals surface area (Å²) in [5.74, 6) is 0. The molecule has 1 fully saturated rings. The van der Waals surface area contributed by atoms with Crippen molar-refractivity contribution in [2.24, 2.45) is 0 Å². The molecule has 2 heterocycles. The maximum atomic E-state index is 12.8. The summed E-state index contributed by atoms with van der Waals surface area (Å²) >= 11 is 0. The monoisotopic (exact) mass is 294 g/mol. The van der Waals surface area contributed by atoms with Gasteiger partial charge >= 0.3 is 0 Å². The van der Waals surface area contributed by atoms with Gasteiger partial charge in [-0.1, -0.05) is 0 Å². The fourth-order valence-electron chi connectivity index (χ4n) is 2.52. The zero-order chi connectivity index (χ0) is 14.8. The molecule has 1 aliphatic rings. The molecular formula is C13H18N4O2S. The lowest BCUT2D eigenvalue weighted by Crippen LogP contribution is -2.42. The highest BCUT2D eigenvalue weighted by Crippen LogP contribution is 2.22. The summed E-state index contributed by atoms with van der Waals surface area (Å²) in [4.78, 5) is 5.96. The Morgan fingerprint density at radius 3 is 2.90 bits per heavy atom. The van der Waals surface area contributed by atoms with Crippen molar-refractivity contribution in [2.75, 3.05) is 26.7 Å². The fraction of sp³-hybridized carbons (Fsp3) is 0.538. The normalized spacial score (nSPS) is 22.1. The maximum absolute atomic E-state index is 12.8. The number of hydrogen-bond acceptors (Lipinski definition) is 5. The molecule has 1 saturated heterocycles. The molecule has 20 heavy (non-hydrogen) atoms. The molecule has 0 spiro atoms. The van der Waals surface area contributed by atoms with E-state index in [1.807, 2.05) is 20.0 Å². The van der Waals surface area contributed by atoms with Gasteiger partial charge in [-0.2, -0.15) is 9.57 Å². The van der Waals surface area contributed by atoms with E-state index in [4.69, 9.17) is 5.26 Å². The van der Waals surface area contributed by atoms with Gasteiger partial charge in [0, 0.05) is 25.3 Å². The molecular weight excluding hydrogens is 276 g/mol. The first-order chi connectivity index (χ1) is 9.46. The molecule has 6 nitrogen and oxygen atoms in total. The minimum Gasteiger partial charge on any atom is -0.305 e. The fourth-order valence-corrected chi connectivity index (χ4v) is 4.27. The number of aromatic nitrogens is 1. The van der Waals surface area contributed by atoms with Crippen LogP contribution >= 0.6 is 0 Å². The van der Waals surface area contributed by atoms with E-state index in [1.54, 1.807) is 6.07 Å². The number of pyridine rings is 1. The Kier molecular flexibility index (Phi) is 4.38. The van der Waals surface area contributed by atoms with Gasteiger partial charge in [-0.05, 0) is 39.1 Å². The van der Waals surface area contributed by atoms with Gasteiger partial charge < -0.3 is 4.90 Å². The lowest BCUT2D eigenvalue weighted by atomic mass is 10.3. The Hall–Kier alpha value is -1.49. The topological polar surface area (TPSA) is 77.3 Å². The minimum absolute atomic E-state index is 0.00102. The Labute approximate surface area is 119 Å². The number of hydrogen-bond donors (Lipinski definition) is 0. The molecule has 0 aliphatic carbocycles. The lowest BCUT2D eigenvalue weighted by molar-refractivity contribution is 0.290. The summed E-state index contributed by atoms with van der Waals surface area (Å²) in [6.07, 6.45) is 2.21. The molecule has 1 aromatic rings. The van der Waals surface area contributed by atoms with E-state index in [2.05, 4.69) is 9.88 Å². The molecule has 1 aliphatic heterocycles. The van der Waals surface area contributed by atoms with E-state index in [-0.39, 0.29) is 16.6 Å². The Balaban J connectivity index is 2.42. The van der Waals surface area contributed by atoms with E-state index < -0.39 is 10.0 Å². The lowest BCUT2D eigenvalue weighted by Gasteiger charge is -2.27. The Morgan fingerprint density at radius 1 is 1.45 bits per heavy atom. The van der Waals surface area contributed by atoms with Crippen LogP contribution in [0.1, 0.15) is 19.0 Å². The molecule has 0 bridgehead atoms. The van der Waals surface area contributed by atoms with Gasteiger partial charge in [0.25, 0.3) is 0 Å². The van der Waals surface area contributed by atoms with Crippen molar-refractivity contribution in [3.63, 3.8) is 0 Å². The summed E-state index contributed by atoms with van der Waals surface area (Å²) < 4.78 is 27.0. The summed E-state index contributed by atoms with van der Waals surface area (Å²) in [5, 5.41) is 9.04. The average molecular weight is 294 g/mol. The Morgan fingerprint density at radius 2 is 2.20 bits per heavy atom. The molecule has 1 atom stereocenters. The van der Waals surface area contributed by atoms with Gasteiger partial charge in [0.1, 0.15) is 11.0 Å². The van der Waals surface area contributed by atoms with Gasteiger partial charge in [0.05, 0.1) is 0 Å². The number of rotatable bonds is 2. The van der Waals surface area contributed by atoms with Crippen LogP contribution in [0, 0.1) is 11.3 Å². The van der Waals surface area contributed by atoms with E-state index in [0.717, 1.165) is 13.0 Å². The minimum atomic E-state index is -3.68. The molecule has 2 rings (SSSR count). The van der Waals surface area contributed by atoms with E-state index in [1.165, 1.54) is 16.6 Å². The van der Waals surface area contributed by atoms with Gasteiger partial charge in [-0.15, -0.1) is 0 Å². The summed E-state index contributed by atoms with van der Waals surface area (Å²) in [6, 6.07) is 4.72. The van der Waals surface area contributed by atoms with Crippen LogP contribution in [0.2, 0.25) is 0 Å². The highest BCUT2D eigenvalue weighted by atomic mass is 32.2. The van der Waals surface area contributed by atoms with Gasteiger partial charge in [0.2, 0.25) is 10.0 Å². The number of nitrogens with zero attached hydrogens (tertiary/aromatic N) is 4. The van der Waals surface area contributed by atoms with E-state index in [0.29, 0.717) is 13.1 Å². The maximum Gasteiger partial charge on any atom is 0.246 e. The predicted molar refractivity (Wildman–Crippen MR) is 74.4 cm³/mol. The van der Waals surface area contributed by atoms with Crippen molar-refractivity contribution in [3.8, 4) is 6.07 Å². The predicted octanol–water partition coefficient (Wildman–Crippen LogP) is 0.668. The summed E-state index contributed by atoms with van der Waals surface area (Å²) in [6.45, 7) is 3.91. The first-order valence-corrected chi connectivity index (χ1v) is 7.96. The van der Waals surface area contributed by atoms with Crippen molar-refractivity contribution >= 4 is 10.0 Å². The van der Waals surface area contributed by atoms with Crippen molar-refractivity contribution in [1.82, 2.24) is 14.2 Å². The number of likely N-dealkylation sites (N-methyl/N-ethyl adjacent to an activating group) is 1. The van der Waals surface area contributed by atoms with Crippen molar-refractivity contribution < 1.29 is 8.42 Å². The van der Waals surface area contributed by atoms with Crippen LogP contribution in [0.25, 0.3) is 0 Å². The second-order valence-electron chi connectivity index (χ2n) is 5.04. The molecule has 0 saturated carbocycles. The smallest absolute Gasteiger partial charge is 0.246 e. The molecule has 0 radical (unpaired) electrons. The third kappa shape index (κ3) is 2.82. The summed E-state index contributed by atoms with van der Waals surface area (Å²) in [7, 11) is -1.70. The van der Waals surface area contributed by atoms with Crippen LogP contribution in [-0.2, 0) is 10.0 Å². The van der Waals surface area contributed by atoms with Crippen LogP contribution in [0.4, 0.5) is 0 Å². The molecule has 1 aromatic heterocycles. The van der Waals surface area contributed by atoms with Crippen LogP contribution in [-0.4, -0.2) is 55.3 Å². The molecule has 0 aromatic carbocycles. The van der Waals surface area contributed by atoms with E-state index >= 15 is 0 Å². The second-order valence-corrected chi connectivity index (χ2v) is 6.90. The zero-order valence-electron chi connectivity index (χ0n) is 11.7. The van der Waals surface area contributed by atoms with Crippen LogP contribution in [0.15, 0.2) is 23.2 Å². The summed E-state index contributed by atoms with van der Waals surface area (Å²) in [5.41, 5.74) is -0.0442. The first-order valence-electron chi connectivity index (χ1n) is 6.52. The molecule has 1 unspecified atom stereocenters. The third-order valence-electron chi connectivity index (χ3n) is 3.45. The third-order valence-corrected chi connectivity index (χ3v) is 5.49. The van der Waals surface area contributed by atoms with Gasteiger partial charge in [-0.3, -0.25) is 0 Å². The number of nitriles is 1. The molecule has 7 heteroatoms. The van der Waals surface area contributed by atoms with Gasteiger partial charge in [0.15, 0.2) is 5.69 Å². The second kappa shape index (κ2) is 5.87. The molecule has 0 amide bonds. The molecule has 108 valence electrons.